The third-order valence-corrected chi connectivity index (χ3v) is 4.30. The van der Waals surface area contributed by atoms with Crippen LogP contribution in [-0.2, 0) is 0 Å². The van der Waals surface area contributed by atoms with Crippen LogP contribution >= 0.6 is 0 Å². The minimum absolute atomic E-state index is 0.0886. The van der Waals surface area contributed by atoms with E-state index in [0.717, 1.165) is 36.8 Å². The van der Waals surface area contributed by atoms with E-state index in [4.69, 9.17) is 5.73 Å². The summed E-state index contributed by atoms with van der Waals surface area (Å²) in [5, 5.41) is 12.5. The molecule has 2 aromatic rings. The summed E-state index contributed by atoms with van der Waals surface area (Å²) in [6.45, 7) is 0. The first kappa shape index (κ1) is 15.5. The molecular weight excluding hydrogens is 290 g/mol. The molecule has 0 radical (unpaired) electrons. The fraction of sp³-hybridized carbons (Fsp3) is 0.333. The summed E-state index contributed by atoms with van der Waals surface area (Å²) in [5.74, 6) is 0.0344. The van der Waals surface area contributed by atoms with Gasteiger partial charge in [0.05, 0.1) is 11.7 Å². The molecule has 1 saturated carbocycles. The quantitative estimate of drug-likeness (QED) is 0.812. The number of aliphatic hydroxyl groups is 1. The van der Waals surface area contributed by atoms with E-state index < -0.39 is 0 Å². The number of hydrogen-bond donors (Lipinski definition) is 3. The van der Waals surface area contributed by atoms with Crippen LogP contribution in [0.3, 0.4) is 0 Å². The lowest BCUT2D eigenvalue weighted by Crippen LogP contribution is -2.38. The number of anilines is 1. The Hall–Kier alpha value is -2.40. The van der Waals surface area contributed by atoms with E-state index in [9.17, 15) is 9.90 Å². The van der Waals surface area contributed by atoms with Gasteiger partial charge in [0.2, 0.25) is 0 Å². The van der Waals surface area contributed by atoms with Crippen LogP contribution < -0.4 is 11.1 Å². The Kier molecular flexibility index (Phi) is 4.57. The molecule has 0 saturated heterocycles. The van der Waals surface area contributed by atoms with E-state index in [0.29, 0.717) is 5.56 Å². The van der Waals surface area contributed by atoms with Crippen molar-refractivity contribution >= 4 is 11.7 Å². The lowest BCUT2D eigenvalue weighted by molar-refractivity contribution is 0.0868. The van der Waals surface area contributed by atoms with Crippen LogP contribution in [0.4, 0.5) is 5.82 Å². The van der Waals surface area contributed by atoms with Gasteiger partial charge in [0.1, 0.15) is 5.82 Å². The number of nitrogen functional groups attached to an aromatic ring is 1. The first-order valence-electron chi connectivity index (χ1n) is 7.93. The molecule has 1 aliphatic carbocycles. The molecule has 1 heterocycles. The highest BCUT2D eigenvalue weighted by Gasteiger charge is 2.22. The summed E-state index contributed by atoms with van der Waals surface area (Å²) >= 11 is 0. The Morgan fingerprint density at radius 1 is 1.13 bits per heavy atom. The maximum Gasteiger partial charge on any atom is 0.255 e. The number of benzene rings is 1. The van der Waals surface area contributed by atoms with Crippen LogP contribution in [0, 0.1) is 0 Å². The second-order valence-electron chi connectivity index (χ2n) is 6.00. The van der Waals surface area contributed by atoms with Gasteiger partial charge in [0.15, 0.2) is 0 Å². The number of pyridine rings is 1. The minimum Gasteiger partial charge on any atom is -0.393 e. The number of rotatable bonds is 3. The number of carbonyl (C=O) groups excluding carboxylic acids is 1. The smallest absolute Gasteiger partial charge is 0.255 e. The topological polar surface area (TPSA) is 88.2 Å². The van der Waals surface area contributed by atoms with Crippen LogP contribution in [0.1, 0.15) is 36.0 Å². The number of carbonyl (C=O) groups is 1. The number of nitrogens with one attached hydrogen (secondary N) is 1. The fourth-order valence-electron chi connectivity index (χ4n) is 2.93. The Morgan fingerprint density at radius 2 is 1.83 bits per heavy atom. The summed E-state index contributed by atoms with van der Waals surface area (Å²) in [6.07, 6.45) is 4.47. The summed E-state index contributed by atoms with van der Waals surface area (Å²) in [7, 11) is 0. The Bertz CT molecular complexity index is 680. The molecule has 1 aliphatic rings. The van der Waals surface area contributed by atoms with Crippen molar-refractivity contribution in [2.45, 2.75) is 37.8 Å². The van der Waals surface area contributed by atoms with Gasteiger partial charge in [-0.05, 0) is 37.3 Å². The first-order chi connectivity index (χ1) is 11.1. The van der Waals surface area contributed by atoms with E-state index in [-0.39, 0.29) is 23.9 Å². The Balaban J connectivity index is 1.77. The molecule has 23 heavy (non-hydrogen) atoms. The van der Waals surface area contributed by atoms with E-state index in [1.807, 2.05) is 30.3 Å². The lowest BCUT2D eigenvalue weighted by Gasteiger charge is -2.26. The standard InChI is InChI=1S/C18H21N3O2/c19-17-16(18(23)21-14-6-8-15(22)9-7-14)10-13(11-20-17)12-4-2-1-3-5-12/h1-5,10-11,14-15,22H,6-9H2,(H2,19,20)(H,21,23). The highest BCUT2D eigenvalue weighted by Crippen LogP contribution is 2.23. The van der Waals surface area contributed by atoms with Crippen molar-refractivity contribution in [1.29, 1.82) is 0 Å². The molecule has 4 N–H and O–H groups in total. The van der Waals surface area contributed by atoms with Gasteiger partial charge in [-0.15, -0.1) is 0 Å². The summed E-state index contributed by atoms with van der Waals surface area (Å²) in [4.78, 5) is 16.7. The van der Waals surface area contributed by atoms with Crippen molar-refractivity contribution in [1.82, 2.24) is 10.3 Å². The van der Waals surface area contributed by atoms with Crippen LogP contribution in [0.25, 0.3) is 11.1 Å². The van der Waals surface area contributed by atoms with Crippen molar-refractivity contribution in [2.24, 2.45) is 0 Å². The van der Waals surface area contributed by atoms with Crippen molar-refractivity contribution in [3.8, 4) is 11.1 Å². The molecule has 120 valence electrons. The molecule has 0 spiro atoms. The number of hydrogen-bond acceptors (Lipinski definition) is 4. The molecule has 3 rings (SSSR count). The molecule has 1 aromatic carbocycles. The molecule has 5 nitrogen and oxygen atoms in total. The van der Waals surface area contributed by atoms with Gasteiger partial charge < -0.3 is 16.2 Å². The zero-order chi connectivity index (χ0) is 16.2. The van der Waals surface area contributed by atoms with E-state index in [1.54, 1.807) is 12.3 Å². The number of nitrogens with two attached hydrogens (primary N) is 1. The number of aromatic nitrogens is 1. The zero-order valence-electron chi connectivity index (χ0n) is 12.9. The van der Waals surface area contributed by atoms with Gasteiger partial charge >= 0.3 is 0 Å². The van der Waals surface area contributed by atoms with E-state index >= 15 is 0 Å². The third kappa shape index (κ3) is 3.68. The monoisotopic (exact) mass is 311 g/mol. The molecule has 1 fully saturated rings. The third-order valence-electron chi connectivity index (χ3n) is 4.30. The molecule has 5 heteroatoms. The molecule has 1 amide bonds. The second kappa shape index (κ2) is 6.79. The summed E-state index contributed by atoms with van der Waals surface area (Å²) in [5.41, 5.74) is 8.14. The van der Waals surface area contributed by atoms with Gasteiger partial charge in [0, 0.05) is 17.8 Å². The average Bonchev–Trinajstić information content (AvgIpc) is 2.58. The maximum absolute atomic E-state index is 12.5. The number of nitrogens with zero attached hydrogens (tertiary/aromatic N) is 1. The van der Waals surface area contributed by atoms with Gasteiger partial charge in [-0.3, -0.25) is 4.79 Å². The summed E-state index contributed by atoms with van der Waals surface area (Å²) in [6, 6.07) is 11.6. The molecule has 0 aliphatic heterocycles. The van der Waals surface area contributed by atoms with Crippen molar-refractivity contribution in [2.75, 3.05) is 5.73 Å². The highest BCUT2D eigenvalue weighted by molar-refractivity contribution is 5.99. The molecule has 0 atom stereocenters. The SMILES string of the molecule is Nc1ncc(-c2ccccc2)cc1C(=O)NC1CCC(O)CC1. The van der Waals surface area contributed by atoms with Gasteiger partial charge in [0.25, 0.3) is 5.91 Å². The predicted octanol–water partition coefficient (Wildman–Crippen LogP) is 2.36. The van der Waals surface area contributed by atoms with Crippen molar-refractivity contribution < 1.29 is 9.90 Å². The summed E-state index contributed by atoms with van der Waals surface area (Å²) < 4.78 is 0. The second-order valence-corrected chi connectivity index (χ2v) is 6.00. The predicted molar refractivity (Wildman–Crippen MR) is 89.8 cm³/mol. The lowest BCUT2D eigenvalue weighted by atomic mass is 9.93. The van der Waals surface area contributed by atoms with Crippen LogP contribution in [-0.4, -0.2) is 28.1 Å². The zero-order valence-corrected chi connectivity index (χ0v) is 12.9. The first-order valence-corrected chi connectivity index (χ1v) is 7.93. The fourth-order valence-corrected chi connectivity index (χ4v) is 2.93. The molecule has 1 aromatic heterocycles. The largest absolute Gasteiger partial charge is 0.393 e. The number of aliphatic hydroxyl groups excluding tert-OH is 1. The minimum atomic E-state index is -0.240. The van der Waals surface area contributed by atoms with Crippen LogP contribution in [0.2, 0.25) is 0 Å². The van der Waals surface area contributed by atoms with Gasteiger partial charge in [-0.25, -0.2) is 4.98 Å². The van der Waals surface area contributed by atoms with Crippen LogP contribution in [0.15, 0.2) is 42.6 Å². The normalized spacial score (nSPS) is 20.9. The van der Waals surface area contributed by atoms with E-state index in [2.05, 4.69) is 10.3 Å². The molecule has 0 unspecified atom stereocenters. The molecular formula is C18H21N3O2. The van der Waals surface area contributed by atoms with Gasteiger partial charge in [-0.2, -0.15) is 0 Å². The Labute approximate surface area is 135 Å². The highest BCUT2D eigenvalue weighted by atomic mass is 16.3. The maximum atomic E-state index is 12.5. The molecule has 0 bridgehead atoms. The Morgan fingerprint density at radius 3 is 2.52 bits per heavy atom. The average molecular weight is 311 g/mol. The van der Waals surface area contributed by atoms with Gasteiger partial charge in [-0.1, -0.05) is 30.3 Å². The van der Waals surface area contributed by atoms with Crippen molar-refractivity contribution in [3.63, 3.8) is 0 Å². The van der Waals surface area contributed by atoms with Crippen molar-refractivity contribution in [3.05, 3.63) is 48.2 Å². The van der Waals surface area contributed by atoms with Crippen LogP contribution in [0.5, 0.6) is 0 Å². The number of amides is 1. The van der Waals surface area contributed by atoms with E-state index in [1.165, 1.54) is 0 Å².